The number of benzene rings is 1. The molecule has 0 N–H and O–H groups in total. The van der Waals surface area contributed by atoms with Crippen LogP contribution in [0.25, 0.3) is 5.69 Å². The van der Waals surface area contributed by atoms with E-state index in [-0.39, 0.29) is 17.8 Å². The van der Waals surface area contributed by atoms with Crippen LogP contribution < -0.4 is 0 Å². The van der Waals surface area contributed by atoms with Gasteiger partial charge in [0.25, 0.3) is 0 Å². The third-order valence-electron chi connectivity index (χ3n) is 3.81. The SMILES string of the molecule is C#Cc1c(C(F)(F)F)cc(-n2nc(C(F)(F)F)c(C)c2C)cc1C(F)(F)F. The molecule has 0 unspecified atom stereocenters. The third-order valence-corrected chi connectivity index (χ3v) is 3.81. The standard InChI is InChI=1S/C16H9F9N2/c1-4-10-11(14(17,18)19)5-9(6-12(10)15(20,21)22)27-8(3)7(2)13(26-27)16(23,24)25/h1,5-6H,2-3H3. The smallest absolute Gasteiger partial charge is 0.237 e. The molecule has 2 aromatic rings. The third kappa shape index (κ3) is 3.74. The van der Waals surface area contributed by atoms with E-state index in [1.807, 2.05) is 0 Å². The van der Waals surface area contributed by atoms with Crippen molar-refractivity contribution in [1.29, 1.82) is 0 Å². The molecule has 2 rings (SSSR count). The zero-order valence-corrected chi connectivity index (χ0v) is 13.5. The Kier molecular flexibility index (Phi) is 4.76. The second-order valence-corrected chi connectivity index (χ2v) is 5.52. The van der Waals surface area contributed by atoms with E-state index in [4.69, 9.17) is 6.42 Å². The molecule has 1 heterocycles. The number of rotatable bonds is 1. The van der Waals surface area contributed by atoms with Gasteiger partial charge in [0.1, 0.15) is 0 Å². The summed E-state index contributed by atoms with van der Waals surface area (Å²) in [7, 11) is 0. The van der Waals surface area contributed by atoms with Crippen molar-refractivity contribution in [3.8, 4) is 18.0 Å². The molecule has 0 aliphatic rings. The summed E-state index contributed by atoms with van der Waals surface area (Å²) in [6.07, 6.45) is -10.6. The molecule has 0 saturated heterocycles. The van der Waals surface area contributed by atoms with Crippen molar-refractivity contribution in [1.82, 2.24) is 9.78 Å². The minimum absolute atomic E-state index is 0.240. The van der Waals surface area contributed by atoms with Gasteiger partial charge in [-0.15, -0.1) is 6.42 Å². The molecule has 0 amide bonds. The minimum atomic E-state index is -5.26. The lowest BCUT2D eigenvalue weighted by atomic mass is 9.99. The zero-order valence-electron chi connectivity index (χ0n) is 13.5. The zero-order chi connectivity index (χ0) is 20.9. The van der Waals surface area contributed by atoms with E-state index < -0.39 is 52.2 Å². The Morgan fingerprint density at radius 3 is 1.59 bits per heavy atom. The van der Waals surface area contributed by atoms with E-state index in [0.29, 0.717) is 4.68 Å². The van der Waals surface area contributed by atoms with Gasteiger partial charge in [-0.25, -0.2) is 4.68 Å². The fourth-order valence-electron chi connectivity index (χ4n) is 2.45. The largest absolute Gasteiger partial charge is 0.435 e. The van der Waals surface area contributed by atoms with Crippen LogP contribution in [0.4, 0.5) is 39.5 Å². The highest BCUT2D eigenvalue weighted by Gasteiger charge is 2.42. The maximum absolute atomic E-state index is 13.2. The number of terminal acetylenes is 1. The van der Waals surface area contributed by atoms with Crippen molar-refractivity contribution < 1.29 is 39.5 Å². The lowest BCUT2D eigenvalue weighted by Crippen LogP contribution is -2.17. The summed E-state index contributed by atoms with van der Waals surface area (Å²) in [4.78, 5) is 0. The molecule has 0 radical (unpaired) electrons. The first-order valence-electron chi connectivity index (χ1n) is 7.02. The summed E-state index contributed by atoms with van der Waals surface area (Å²) in [6, 6.07) is 0.480. The second-order valence-electron chi connectivity index (χ2n) is 5.52. The van der Waals surface area contributed by atoms with Gasteiger partial charge >= 0.3 is 18.5 Å². The van der Waals surface area contributed by atoms with E-state index in [2.05, 4.69) is 5.10 Å². The fourth-order valence-corrected chi connectivity index (χ4v) is 2.45. The Morgan fingerprint density at radius 2 is 1.30 bits per heavy atom. The summed E-state index contributed by atoms with van der Waals surface area (Å²) in [6.45, 7) is 2.10. The maximum Gasteiger partial charge on any atom is 0.435 e. The Hall–Kier alpha value is -2.64. The summed E-state index contributed by atoms with van der Waals surface area (Å²) in [5, 5.41) is 3.16. The van der Waals surface area contributed by atoms with Crippen molar-refractivity contribution in [3.05, 3.63) is 45.8 Å². The molecular formula is C16H9F9N2. The van der Waals surface area contributed by atoms with Crippen LogP contribution in [0.2, 0.25) is 0 Å². The van der Waals surface area contributed by atoms with Crippen molar-refractivity contribution in [2.45, 2.75) is 32.4 Å². The predicted octanol–water partition coefficient (Wildman–Crippen LogP) is 5.53. The van der Waals surface area contributed by atoms with E-state index >= 15 is 0 Å². The van der Waals surface area contributed by atoms with Crippen LogP contribution in [0.3, 0.4) is 0 Å². The molecule has 1 aromatic carbocycles. The van der Waals surface area contributed by atoms with Crippen LogP contribution in [0.15, 0.2) is 12.1 Å². The van der Waals surface area contributed by atoms with Gasteiger partial charge < -0.3 is 0 Å². The van der Waals surface area contributed by atoms with E-state index in [9.17, 15) is 39.5 Å². The molecular weight excluding hydrogens is 391 g/mol. The van der Waals surface area contributed by atoms with Gasteiger partial charge in [0.2, 0.25) is 0 Å². The van der Waals surface area contributed by atoms with Gasteiger partial charge in [0.15, 0.2) is 5.69 Å². The predicted molar refractivity (Wildman–Crippen MR) is 76.0 cm³/mol. The number of halogens is 9. The van der Waals surface area contributed by atoms with Crippen molar-refractivity contribution >= 4 is 0 Å². The van der Waals surface area contributed by atoms with Crippen molar-refractivity contribution in [3.63, 3.8) is 0 Å². The van der Waals surface area contributed by atoms with Crippen LogP contribution in [0, 0.1) is 26.2 Å². The highest BCUT2D eigenvalue weighted by Crippen LogP contribution is 2.41. The average molecular weight is 400 g/mol. The van der Waals surface area contributed by atoms with Gasteiger partial charge in [-0.2, -0.15) is 44.6 Å². The molecule has 0 fully saturated rings. The Balaban J connectivity index is 2.90. The molecule has 27 heavy (non-hydrogen) atoms. The normalized spacial score (nSPS) is 13.0. The maximum atomic E-state index is 13.2. The quantitative estimate of drug-likeness (QED) is 0.455. The number of nitrogens with zero attached hydrogens (tertiary/aromatic N) is 2. The van der Waals surface area contributed by atoms with E-state index in [0.717, 1.165) is 13.8 Å². The van der Waals surface area contributed by atoms with Crippen LogP contribution in [0.1, 0.15) is 33.6 Å². The van der Waals surface area contributed by atoms with Crippen LogP contribution in [-0.4, -0.2) is 9.78 Å². The van der Waals surface area contributed by atoms with Gasteiger partial charge in [-0.1, -0.05) is 5.92 Å². The molecule has 0 atom stereocenters. The first kappa shape index (κ1) is 20.7. The summed E-state index contributed by atoms with van der Waals surface area (Å²) in [5.74, 6) is 1.36. The highest BCUT2D eigenvalue weighted by molar-refractivity contribution is 5.55. The number of aromatic nitrogens is 2. The van der Waals surface area contributed by atoms with Gasteiger partial charge in [0.05, 0.1) is 16.8 Å². The highest BCUT2D eigenvalue weighted by atomic mass is 19.4. The summed E-state index contributed by atoms with van der Waals surface area (Å²) in [5.41, 5.74) is -7.99. The number of hydrogen-bond donors (Lipinski definition) is 0. The van der Waals surface area contributed by atoms with Gasteiger partial charge in [0, 0.05) is 16.8 Å². The summed E-state index contributed by atoms with van der Waals surface area (Å²) < 4.78 is 118. The van der Waals surface area contributed by atoms with E-state index in [1.54, 1.807) is 0 Å². The number of hydrogen-bond acceptors (Lipinski definition) is 1. The molecule has 2 nitrogen and oxygen atoms in total. The van der Waals surface area contributed by atoms with E-state index in [1.165, 1.54) is 5.92 Å². The lowest BCUT2D eigenvalue weighted by molar-refractivity contribution is -0.144. The van der Waals surface area contributed by atoms with Gasteiger partial charge in [-0.05, 0) is 26.0 Å². The van der Waals surface area contributed by atoms with Crippen LogP contribution in [0.5, 0.6) is 0 Å². The molecule has 0 saturated carbocycles. The summed E-state index contributed by atoms with van der Waals surface area (Å²) >= 11 is 0. The fraction of sp³-hybridized carbons (Fsp3) is 0.312. The molecule has 0 spiro atoms. The average Bonchev–Trinajstić information content (AvgIpc) is 2.80. The number of alkyl halides is 9. The Bertz CT molecular complexity index is 887. The minimum Gasteiger partial charge on any atom is -0.237 e. The van der Waals surface area contributed by atoms with Crippen molar-refractivity contribution in [2.24, 2.45) is 0 Å². The topological polar surface area (TPSA) is 17.8 Å². The Morgan fingerprint density at radius 1 is 0.852 bits per heavy atom. The first-order chi connectivity index (χ1) is 12.1. The van der Waals surface area contributed by atoms with Crippen LogP contribution in [-0.2, 0) is 18.5 Å². The van der Waals surface area contributed by atoms with Crippen LogP contribution >= 0.6 is 0 Å². The molecule has 11 heteroatoms. The molecule has 1 aromatic heterocycles. The Labute approximate surface area is 146 Å². The first-order valence-corrected chi connectivity index (χ1v) is 7.02. The molecule has 0 bridgehead atoms. The lowest BCUT2D eigenvalue weighted by Gasteiger charge is -2.18. The monoisotopic (exact) mass is 400 g/mol. The molecule has 0 aliphatic carbocycles. The molecule has 0 aliphatic heterocycles. The van der Waals surface area contributed by atoms with Crippen molar-refractivity contribution in [2.75, 3.05) is 0 Å². The second kappa shape index (κ2) is 6.21. The van der Waals surface area contributed by atoms with Gasteiger partial charge in [-0.3, -0.25) is 0 Å². The molecule has 146 valence electrons.